The van der Waals surface area contributed by atoms with Crippen LogP contribution in [-0.2, 0) is 6.54 Å². The van der Waals surface area contributed by atoms with E-state index >= 15 is 0 Å². The first-order valence-electron chi connectivity index (χ1n) is 8.26. The summed E-state index contributed by atoms with van der Waals surface area (Å²) in [5.74, 6) is 0.950. The molecule has 20 heavy (non-hydrogen) atoms. The Morgan fingerprint density at radius 2 is 1.65 bits per heavy atom. The van der Waals surface area contributed by atoms with Crippen LogP contribution in [0.5, 0.6) is 0 Å². The first-order chi connectivity index (χ1) is 9.90. The van der Waals surface area contributed by atoms with Crippen molar-refractivity contribution >= 4 is 0 Å². The molecule has 2 aliphatic rings. The molecular formula is C18H28N2+2. The summed E-state index contributed by atoms with van der Waals surface area (Å²) in [6.45, 7) is 8.02. The molecule has 1 atom stereocenters. The molecule has 0 saturated carbocycles. The maximum absolute atomic E-state index is 2.39. The molecule has 0 bridgehead atoms. The zero-order valence-corrected chi connectivity index (χ0v) is 12.5. The average molecular weight is 272 g/mol. The van der Waals surface area contributed by atoms with Gasteiger partial charge in [0.05, 0.1) is 6.54 Å². The number of nitrogens with one attached hydrogen (secondary N) is 2. The van der Waals surface area contributed by atoms with Crippen LogP contribution in [0.4, 0.5) is 0 Å². The van der Waals surface area contributed by atoms with Crippen LogP contribution >= 0.6 is 0 Å². The smallest absolute Gasteiger partial charge is 0.127 e. The van der Waals surface area contributed by atoms with Crippen molar-refractivity contribution in [3.8, 4) is 0 Å². The van der Waals surface area contributed by atoms with E-state index in [2.05, 4.69) is 42.5 Å². The van der Waals surface area contributed by atoms with Crippen molar-refractivity contribution in [2.75, 3.05) is 32.7 Å². The Labute approximate surface area is 123 Å². The summed E-state index contributed by atoms with van der Waals surface area (Å²) in [4.78, 5) is 3.62. The van der Waals surface area contributed by atoms with Crippen LogP contribution in [0.1, 0.15) is 24.8 Å². The first-order valence-corrected chi connectivity index (χ1v) is 8.26. The van der Waals surface area contributed by atoms with Gasteiger partial charge in [-0.25, -0.2) is 0 Å². The molecule has 2 heteroatoms. The van der Waals surface area contributed by atoms with Crippen LogP contribution in [0.25, 0.3) is 0 Å². The fourth-order valence-corrected chi connectivity index (χ4v) is 3.67. The molecule has 1 aromatic carbocycles. The Bertz CT molecular complexity index is 418. The predicted octanol–water partition coefficient (Wildman–Crippen LogP) is 0.326. The topological polar surface area (TPSA) is 8.88 Å². The van der Waals surface area contributed by atoms with Gasteiger partial charge in [0, 0.05) is 11.5 Å². The highest BCUT2D eigenvalue weighted by atomic mass is 15.3. The molecule has 1 aromatic rings. The highest BCUT2D eigenvalue weighted by Crippen LogP contribution is 2.15. The summed E-state index contributed by atoms with van der Waals surface area (Å²) < 4.78 is 0. The summed E-state index contributed by atoms with van der Waals surface area (Å²) in [7, 11) is 0. The number of piperazine rings is 1. The van der Waals surface area contributed by atoms with Crippen LogP contribution < -0.4 is 9.80 Å². The number of benzene rings is 1. The summed E-state index contributed by atoms with van der Waals surface area (Å²) in [6, 6.07) is 11.0. The Hall–Kier alpha value is -1.12. The van der Waals surface area contributed by atoms with Gasteiger partial charge in [-0.2, -0.15) is 0 Å². The van der Waals surface area contributed by atoms with E-state index in [0.717, 1.165) is 5.92 Å². The van der Waals surface area contributed by atoms with Crippen LogP contribution in [-0.4, -0.2) is 32.7 Å². The molecule has 2 nitrogen and oxygen atoms in total. The molecule has 3 rings (SSSR count). The van der Waals surface area contributed by atoms with Gasteiger partial charge in [0.2, 0.25) is 0 Å². The molecule has 1 aliphatic heterocycles. The van der Waals surface area contributed by atoms with Gasteiger partial charge >= 0.3 is 0 Å². The fourth-order valence-electron chi connectivity index (χ4n) is 3.67. The summed E-state index contributed by atoms with van der Waals surface area (Å²) >= 11 is 0. The molecule has 1 heterocycles. The third kappa shape index (κ3) is 3.94. The monoisotopic (exact) mass is 272 g/mol. The van der Waals surface area contributed by atoms with Crippen molar-refractivity contribution < 1.29 is 9.80 Å². The quantitative estimate of drug-likeness (QED) is 0.731. The van der Waals surface area contributed by atoms with Crippen molar-refractivity contribution in [1.82, 2.24) is 0 Å². The van der Waals surface area contributed by atoms with E-state index in [1.54, 1.807) is 4.90 Å². The van der Waals surface area contributed by atoms with Gasteiger partial charge in [-0.3, -0.25) is 0 Å². The fraction of sp³-hybridized carbons (Fsp3) is 0.556. The molecule has 1 aliphatic carbocycles. The lowest BCUT2D eigenvalue weighted by Crippen LogP contribution is -3.27. The minimum atomic E-state index is 0.950. The van der Waals surface area contributed by atoms with Gasteiger partial charge in [0.1, 0.15) is 32.7 Å². The molecule has 0 radical (unpaired) electrons. The lowest BCUT2D eigenvalue weighted by atomic mass is 9.94. The van der Waals surface area contributed by atoms with Crippen LogP contribution in [0.2, 0.25) is 0 Å². The largest absolute Gasteiger partial charge is 0.325 e. The molecule has 0 amide bonds. The van der Waals surface area contributed by atoms with Gasteiger partial charge < -0.3 is 9.80 Å². The zero-order valence-electron chi connectivity index (χ0n) is 12.5. The number of quaternary nitrogens is 2. The summed E-state index contributed by atoms with van der Waals surface area (Å²) in [5, 5.41) is 0. The van der Waals surface area contributed by atoms with Crippen molar-refractivity contribution in [2.45, 2.75) is 25.8 Å². The van der Waals surface area contributed by atoms with Crippen LogP contribution in [0.15, 0.2) is 42.5 Å². The standard InChI is InChI=1S/C18H26N2/c1-3-7-17(8-4-1)15-19-11-13-20(14-12-19)16-18-9-5-2-6-10-18/h1-5,7-8,18H,6,9-16H2/p+2/t18-/m1/s1. The lowest BCUT2D eigenvalue weighted by molar-refractivity contribution is -1.02. The van der Waals surface area contributed by atoms with E-state index in [4.69, 9.17) is 0 Å². The zero-order chi connectivity index (χ0) is 13.6. The Balaban J connectivity index is 1.41. The van der Waals surface area contributed by atoms with Gasteiger partial charge in [-0.05, 0) is 19.3 Å². The van der Waals surface area contributed by atoms with E-state index in [-0.39, 0.29) is 0 Å². The Morgan fingerprint density at radius 3 is 2.35 bits per heavy atom. The lowest BCUT2D eigenvalue weighted by Gasteiger charge is -2.32. The number of hydrogen-bond acceptors (Lipinski definition) is 0. The van der Waals surface area contributed by atoms with E-state index < -0.39 is 0 Å². The number of allylic oxidation sites excluding steroid dienone is 2. The second-order valence-electron chi connectivity index (χ2n) is 6.52. The second kappa shape index (κ2) is 7.05. The van der Waals surface area contributed by atoms with Gasteiger partial charge in [0.15, 0.2) is 0 Å². The molecule has 1 fully saturated rings. The van der Waals surface area contributed by atoms with Crippen molar-refractivity contribution in [1.29, 1.82) is 0 Å². The van der Waals surface area contributed by atoms with Crippen molar-refractivity contribution in [3.05, 3.63) is 48.0 Å². The maximum atomic E-state index is 2.39. The number of hydrogen-bond donors (Lipinski definition) is 2. The molecular weight excluding hydrogens is 244 g/mol. The molecule has 0 spiro atoms. The Kier molecular flexibility index (Phi) is 4.88. The van der Waals surface area contributed by atoms with Crippen molar-refractivity contribution in [3.63, 3.8) is 0 Å². The highest BCUT2D eigenvalue weighted by molar-refractivity contribution is 5.13. The first kappa shape index (κ1) is 13.8. The van der Waals surface area contributed by atoms with E-state index in [0.29, 0.717) is 0 Å². The van der Waals surface area contributed by atoms with Gasteiger partial charge in [-0.1, -0.05) is 42.5 Å². The number of rotatable bonds is 4. The molecule has 1 saturated heterocycles. The third-order valence-electron chi connectivity index (χ3n) is 4.92. The van der Waals surface area contributed by atoms with E-state index in [1.807, 2.05) is 4.90 Å². The molecule has 108 valence electrons. The maximum Gasteiger partial charge on any atom is 0.127 e. The SMILES string of the molecule is C1=CC[C@@H](C[NH+]2CC[NH+](Cc3ccccc3)CC2)CC1. The van der Waals surface area contributed by atoms with Crippen molar-refractivity contribution in [2.24, 2.45) is 5.92 Å². The average Bonchev–Trinajstić information content (AvgIpc) is 2.51. The second-order valence-corrected chi connectivity index (χ2v) is 6.52. The highest BCUT2D eigenvalue weighted by Gasteiger charge is 2.25. The minimum Gasteiger partial charge on any atom is -0.325 e. The van der Waals surface area contributed by atoms with E-state index in [9.17, 15) is 0 Å². The van der Waals surface area contributed by atoms with Crippen LogP contribution in [0, 0.1) is 5.92 Å². The normalized spacial score (nSPS) is 30.3. The van der Waals surface area contributed by atoms with E-state index in [1.165, 1.54) is 64.1 Å². The summed E-state index contributed by atoms with van der Waals surface area (Å²) in [6.07, 6.45) is 8.80. The predicted molar refractivity (Wildman–Crippen MR) is 82.9 cm³/mol. The molecule has 0 aromatic heterocycles. The van der Waals surface area contributed by atoms with Crippen LogP contribution in [0.3, 0.4) is 0 Å². The molecule has 0 unspecified atom stereocenters. The summed E-state index contributed by atoms with van der Waals surface area (Å²) in [5.41, 5.74) is 1.49. The Morgan fingerprint density at radius 1 is 0.900 bits per heavy atom. The minimum absolute atomic E-state index is 0.950. The van der Waals surface area contributed by atoms with Gasteiger partial charge in [-0.15, -0.1) is 0 Å². The van der Waals surface area contributed by atoms with Gasteiger partial charge in [0.25, 0.3) is 0 Å². The molecule has 2 N–H and O–H groups in total. The third-order valence-corrected chi connectivity index (χ3v) is 4.92.